The SMILES string of the molecule is Cc1ccc(-c2nnc(NC(=O)c3ccc(Cl)cc3)o2)cc1. The number of anilines is 1. The molecule has 1 aromatic heterocycles. The summed E-state index contributed by atoms with van der Waals surface area (Å²) in [4.78, 5) is 12.0. The predicted molar refractivity (Wildman–Crippen MR) is 83.9 cm³/mol. The molecule has 0 aliphatic carbocycles. The molecule has 1 N–H and O–H groups in total. The molecular formula is C16H12ClN3O2. The lowest BCUT2D eigenvalue weighted by Gasteiger charge is -2.00. The number of aromatic nitrogens is 2. The summed E-state index contributed by atoms with van der Waals surface area (Å²) >= 11 is 5.79. The second-order valence-electron chi connectivity index (χ2n) is 4.74. The number of benzene rings is 2. The van der Waals surface area contributed by atoms with E-state index in [1.165, 1.54) is 0 Å². The number of carbonyl (C=O) groups is 1. The molecule has 1 heterocycles. The van der Waals surface area contributed by atoms with Gasteiger partial charge in [0.25, 0.3) is 5.91 Å². The first-order chi connectivity index (χ1) is 10.6. The Morgan fingerprint density at radius 3 is 2.41 bits per heavy atom. The molecule has 0 aliphatic rings. The third-order valence-electron chi connectivity index (χ3n) is 3.05. The molecule has 2 aromatic carbocycles. The molecule has 3 rings (SSSR count). The van der Waals surface area contributed by atoms with E-state index in [0.29, 0.717) is 16.5 Å². The molecule has 0 saturated heterocycles. The first-order valence-electron chi connectivity index (χ1n) is 6.59. The fourth-order valence-corrected chi connectivity index (χ4v) is 1.98. The number of hydrogen-bond donors (Lipinski definition) is 1. The third kappa shape index (κ3) is 3.15. The van der Waals surface area contributed by atoms with Gasteiger partial charge in [0.2, 0.25) is 5.89 Å². The summed E-state index contributed by atoms with van der Waals surface area (Å²) in [5, 5.41) is 10.9. The third-order valence-corrected chi connectivity index (χ3v) is 3.30. The van der Waals surface area contributed by atoms with Gasteiger partial charge in [0.1, 0.15) is 0 Å². The van der Waals surface area contributed by atoms with Crippen molar-refractivity contribution < 1.29 is 9.21 Å². The summed E-state index contributed by atoms with van der Waals surface area (Å²) in [5.41, 5.74) is 2.39. The summed E-state index contributed by atoms with van der Waals surface area (Å²) in [5.74, 6) is 0.0159. The van der Waals surface area contributed by atoms with Crippen molar-refractivity contribution in [2.75, 3.05) is 5.32 Å². The second kappa shape index (κ2) is 5.99. The fourth-order valence-electron chi connectivity index (χ4n) is 1.86. The van der Waals surface area contributed by atoms with Gasteiger partial charge in [0.05, 0.1) is 0 Å². The minimum atomic E-state index is -0.337. The van der Waals surface area contributed by atoms with Crippen molar-refractivity contribution in [3.8, 4) is 11.5 Å². The van der Waals surface area contributed by atoms with Crippen molar-refractivity contribution in [1.29, 1.82) is 0 Å². The van der Waals surface area contributed by atoms with E-state index in [1.807, 2.05) is 31.2 Å². The molecule has 22 heavy (non-hydrogen) atoms. The molecule has 0 bridgehead atoms. The Labute approximate surface area is 131 Å². The van der Waals surface area contributed by atoms with Gasteiger partial charge in [0.15, 0.2) is 0 Å². The van der Waals surface area contributed by atoms with Gasteiger partial charge in [-0.15, -0.1) is 5.10 Å². The van der Waals surface area contributed by atoms with Gasteiger partial charge < -0.3 is 4.42 Å². The number of aryl methyl sites for hydroxylation is 1. The van der Waals surface area contributed by atoms with Crippen LogP contribution in [0.4, 0.5) is 6.01 Å². The van der Waals surface area contributed by atoms with E-state index in [9.17, 15) is 4.79 Å². The van der Waals surface area contributed by atoms with E-state index in [2.05, 4.69) is 15.5 Å². The zero-order chi connectivity index (χ0) is 15.5. The quantitative estimate of drug-likeness (QED) is 0.795. The van der Waals surface area contributed by atoms with E-state index in [4.69, 9.17) is 16.0 Å². The van der Waals surface area contributed by atoms with Crippen LogP contribution in [0, 0.1) is 6.92 Å². The Bertz CT molecular complexity index is 795. The first kappa shape index (κ1) is 14.3. The summed E-state index contributed by atoms with van der Waals surface area (Å²) in [7, 11) is 0. The van der Waals surface area contributed by atoms with Gasteiger partial charge in [0, 0.05) is 16.1 Å². The van der Waals surface area contributed by atoms with Crippen LogP contribution in [-0.2, 0) is 0 Å². The number of rotatable bonds is 3. The Hall–Kier alpha value is -2.66. The van der Waals surface area contributed by atoms with Crippen LogP contribution in [0.5, 0.6) is 0 Å². The summed E-state index contributed by atoms with van der Waals surface area (Å²) in [6.07, 6.45) is 0. The highest BCUT2D eigenvalue weighted by Crippen LogP contribution is 2.20. The van der Waals surface area contributed by atoms with Gasteiger partial charge in [-0.3, -0.25) is 10.1 Å². The lowest BCUT2D eigenvalue weighted by atomic mass is 10.1. The lowest BCUT2D eigenvalue weighted by molar-refractivity contribution is 0.102. The monoisotopic (exact) mass is 313 g/mol. The minimum Gasteiger partial charge on any atom is -0.403 e. The number of amides is 1. The molecule has 6 heteroatoms. The van der Waals surface area contributed by atoms with Crippen LogP contribution in [0.2, 0.25) is 5.02 Å². The minimum absolute atomic E-state index is 0.0514. The van der Waals surface area contributed by atoms with Crippen molar-refractivity contribution in [1.82, 2.24) is 10.2 Å². The highest BCUT2D eigenvalue weighted by atomic mass is 35.5. The molecule has 5 nitrogen and oxygen atoms in total. The van der Waals surface area contributed by atoms with Crippen LogP contribution in [0.15, 0.2) is 52.9 Å². The molecule has 0 unspecified atom stereocenters. The van der Waals surface area contributed by atoms with Gasteiger partial charge in [-0.2, -0.15) is 0 Å². The van der Waals surface area contributed by atoms with Crippen molar-refractivity contribution in [3.05, 3.63) is 64.7 Å². The van der Waals surface area contributed by atoms with Crippen LogP contribution < -0.4 is 5.32 Å². The molecular weight excluding hydrogens is 302 g/mol. The van der Waals surface area contributed by atoms with E-state index < -0.39 is 0 Å². The van der Waals surface area contributed by atoms with Gasteiger partial charge >= 0.3 is 6.01 Å². The van der Waals surface area contributed by atoms with E-state index in [1.54, 1.807) is 24.3 Å². The number of halogens is 1. The maximum Gasteiger partial charge on any atom is 0.322 e. The average molecular weight is 314 g/mol. The topological polar surface area (TPSA) is 68.0 Å². The van der Waals surface area contributed by atoms with E-state index in [-0.39, 0.29) is 11.9 Å². The zero-order valence-electron chi connectivity index (χ0n) is 11.7. The zero-order valence-corrected chi connectivity index (χ0v) is 12.5. The second-order valence-corrected chi connectivity index (χ2v) is 5.18. The molecule has 0 atom stereocenters. The number of nitrogens with one attached hydrogen (secondary N) is 1. The van der Waals surface area contributed by atoms with Crippen molar-refractivity contribution in [3.63, 3.8) is 0 Å². The Morgan fingerprint density at radius 1 is 1.05 bits per heavy atom. The first-order valence-corrected chi connectivity index (χ1v) is 6.97. The number of hydrogen-bond acceptors (Lipinski definition) is 4. The number of carbonyl (C=O) groups excluding carboxylic acids is 1. The highest BCUT2D eigenvalue weighted by Gasteiger charge is 2.12. The highest BCUT2D eigenvalue weighted by molar-refractivity contribution is 6.30. The lowest BCUT2D eigenvalue weighted by Crippen LogP contribution is -2.11. The molecule has 0 aliphatic heterocycles. The molecule has 1 amide bonds. The molecule has 3 aromatic rings. The van der Waals surface area contributed by atoms with E-state index >= 15 is 0 Å². The normalized spacial score (nSPS) is 10.5. The molecule has 0 radical (unpaired) electrons. The van der Waals surface area contributed by atoms with Crippen molar-refractivity contribution in [2.24, 2.45) is 0 Å². The number of nitrogens with zero attached hydrogens (tertiary/aromatic N) is 2. The molecule has 0 spiro atoms. The van der Waals surface area contributed by atoms with Crippen molar-refractivity contribution in [2.45, 2.75) is 6.92 Å². The standard InChI is InChI=1S/C16H12ClN3O2/c1-10-2-4-12(5-3-10)15-19-20-16(22-15)18-14(21)11-6-8-13(17)9-7-11/h2-9H,1H3,(H,18,20,21). The smallest absolute Gasteiger partial charge is 0.322 e. The predicted octanol–water partition coefficient (Wildman–Crippen LogP) is 3.95. The molecule has 110 valence electrons. The largest absolute Gasteiger partial charge is 0.403 e. The van der Waals surface area contributed by atoms with E-state index in [0.717, 1.165) is 11.1 Å². The Balaban J connectivity index is 1.75. The summed E-state index contributed by atoms with van der Waals surface area (Å²) in [6.45, 7) is 2.00. The molecule has 0 fully saturated rings. The molecule has 0 saturated carbocycles. The van der Waals surface area contributed by atoms with Gasteiger partial charge in [-0.1, -0.05) is 34.4 Å². The van der Waals surface area contributed by atoms with Crippen molar-refractivity contribution >= 4 is 23.5 Å². The average Bonchev–Trinajstić information content (AvgIpc) is 2.97. The summed E-state index contributed by atoms with van der Waals surface area (Å²) < 4.78 is 5.45. The Kier molecular flexibility index (Phi) is 3.89. The van der Waals surface area contributed by atoms with Crippen LogP contribution in [0.1, 0.15) is 15.9 Å². The van der Waals surface area contributed by atoms with Crippen LogP contribution in [-0.4, -0.2) is 16.1 Å². The Morgan fingerprint density at radius 2 is 1.73 bits per heavy atom. The van der Waals surface area contributed by atoms with Crippen LogP contribution in [0.3, 0.4) is 0 Å². The van der Waals surface area contributed by atoms with Gasteiger partial charge in [-0.05, 0) is 43.3 Å². The van der Waals surface area contributed by atoms with Gasteiger partial charge in [-0.25, -0.2) is 0 Å². The van der Waals surface area contributed by atoms with Crippen LogP contribution in [0.25, 0.3) is 11.5 Å². The van der Waals surface area contributed by atoms with Crippen LogP contribution >= 0.6 is 11.6 Å². The summed E-state index contributed by atoms with van der Waals surface area (Å²) in [6, 6.07) is 14.2. The maximum atomic E-state index is 12.0. The fraction of sp³-hybridized carbons (Fsp3) is 0.0625. The maximum absolute atomic E-state index is 12.0.